The number of aryl methyl sites for hydroxylation is 1. The van der Waals surface area contributed by atoms with Gasteiger partial charge in [0, 0.05) is 31.6 Å². The Labute approximate surface area is 197 Å². The minimum atomic E-state index is -1.42. The Morgan fingerprint density at radius 2 is 1.82 bits per heavy atom. The van der Waals surface area contributed by atoms with Gasteiger partial charge in [-0.2, -0.15) is 0 Å². The molecule has 1 amide bonds. The Kier molecular flexibility index (Phi) is 6.44. The molecule has 2 saturated carbocycles. The lowest BCUT2D eigenvalue weighted by atomic mass is 9.79. The number of benzene rings is 2. The summed E-state index contributed by atoms with van der Waals surface area (Å²) in [6.07, 6.45) is 5.00. The number of piperidine rings is 1. The Bertz CT molecular complexity index is 947. The lowest BCUT2D eigenvalue weighted by molar-refractivity contribution is -0.147. The predicted molar refractivity (Wildman–Crippen MR) is 129 cm³/mol. The molecule has 5 nitrogen and oxygen atoms in total. The first-order chi connectivity index (χ1) is 16.1. The van der Waals surface area contributed by atoms with E-state index < -0.39 is 5.60 Å². The van der Waals surface area contributed by atoms with Gasteiger partial charge in [-0.3, -0.25) is 4.79 Å². The van der Waals surface area contributed by atoms with Crippen LogP contribution in [0.3, 0.4) is 0 Å². The minimum absolute atomic E-state index is 0.00314. The molecule has 2 aliphatic carbocycles. The lowest BCUT2D eigenvalue weighted by Gasteiger charge is -2.33. The molecule has 3 atom stereocenters. The molecular weight excluding hydrogens is 412 g/mol. The number of rotatable bonds is 9. The van der Waals surface area contributed by atoms with Gasteiger partial charge in [-0.25, -0.2) is 0 Å². The van der Waals surface area contributed by atoms with Crippen molar-refractivity contribution in [2.45, 2.75) is 50.7 Å². The van der Waals surface area contributed by atoms with Gasteiger partial charge in [0.1, 0.15) is 5.75 Å². The molecule has 3 aliphatic rings. The molecule has 33 heavy (non-hydrogen) atoms. The van der Waals surface area contributed by atoms with E-state index in [1.807, 2.05) is 42.5 Å². The molecule has 5 heteroatoms. The van der Waals surface area contributed by atoms with E-state index in [9.17, 15) is 9.90 Å². The van der Waals surface area contributed by atoms with E-state index in [4.69, 9.17) is 4.74 Å². The quantitative estimate of drug-likeness (QED) is 0.572. The third-order valence-electron chi connectivity index (χ3n) is 7.95. The van der Waals surface area contributed by atoms with Gasteiger partial charge in [-0.15, -0.1) is 0 Å². The van der Waals surface area contributed by atoms with Gasteiger partial charge in [0.25, 0.3) is 5.91 Å². The molecule has 5 rings (SSSR count). The van der Waals surface area contributed by atoms with Gasteiger partial charge in [0.15, 0.2) is 5.60 Å². The molecule has 3 unspecified atom stereocenters. The van der Waals surface area contributed by atoms with Crippen LogP contribution in [0, 0.1) is 24.7 Å². The van der Waals surface area contributed by atoms with E-state index in [1.54, 1.807) is 0 Å². The van der Waals surface area contributed by atoms with Crippen molar-refractivity contribution in [2.75, 3.05) is 26.2 Å². The highest BCUT2D eigenvalue weighted by atomic mass is 16.5. The highest BCUT2D eigenvalue weighted by Crippen LogP contribution is 2.47. The molecule has 3 fully saturated rings. The summed E-state index contributed by atoms with van der Waals surface area (Å²) < 4.78 is 5.88. The molecule has 176 valence electrons. The number of hydrogen-bond donors (Lipinski definition) is 2. The molecule has 0 aromatic heterocycles. The standard InChI is InChI=1S/C28H36N2O3/c1-20-9-7-14-23(17-20)33-16-8-15-30-18-24-25(19-30)26(24)29-27(31)28(32,22-12-5-6-13-22)21-10-3-2-4-11-21/h2-4,7,9-11,14,17,22,24-26,32H,5-6,8,12-13,15-16,18-19H2,1H3,(H,29,31). The number of aliphatic hydroxyl groups is 1. The van der Waals surface area contributed by atoms with E-state index >= 15 is 0 Å². The number of likely N-dealkylation sites (tertiary alicyclic amines) is 1. The van der Waals surface area contributed by atoms with Crippen molar-refractivity contribution in [3.8, 4) is 5.75 Å². The number of nitrogens with zero attached hydrogens (tertiary/aromatic N) is 1. The summed E-state index contributed by atoms with van der Waals surface area (Å²) in [5, 5.41) is 14.9. The maximum absolute atomic E-state index is 13.4. The zero-order valence-corrected chi connectivity index (χ0v) is 19.6. The fourth-order valence-electron chi connectivity index (χ4n) is 6.04. The molecule has 2 N–H and O–H groups in total. The van der Waals surface area contributed by atoms with Crippen LogP contribution in [-0.2, 0) is 10.4 Å². The number of hydrogen-bond acceptors (Lipinski definition) is 4. The van der Waals surface area contributed by atoms with E-state index in [0.29, 0.717) is 11.8 Å². The Hall–Kier alpha value is -2.37. The van der Waals surface area contributed by atoms with E-state index in [0.717, 1.165) is 69.7 Å². The van der Waals surface area contributed by atoms with Crippen LogP contribution in [0.1, 0.15) is 43.2 Å². The number of ether oxygens (including phenoxy) is 1. The van der Waals surface area contributed by atoms with Crippen molar-refractivity contribution in [1.82, 2.24) is 10.2 Å². The SMILES string of the molecule is Cc1cccc(OCCCN2CC3C(C2)C3NC(=O)C(O)(c2ccccc2)C2CCCC2)c1. The summed E-state index contributed by atoms with van der Waals surface area (Å²) in [5.74, 6) is 1.77. The largest absolute Gasteiger partial charge is 0.494 e. The maximum atomic E-state index is 13.4. The fraction of sp³-hybridized carbons (Fsp3) is 0.536. The smallest absolute Gasteiger partial charge is 0.257 e. The monoisotopic (exact) mass is 448 g/mol. The first-order valence-electron chi connectivity index (χ1n) is 12.6. The second-order valence-corrected chi connectivity index (χ2v) is 10.2. The number of fused-ring (bicyclic) bond motifs is 1. The van der Waals surface area contributed by atoms with Gasteiger partial charge >= 0.3 is 0 Å². The van der Waals surface area contributed by atoms with Crippen LogP contribution >= 0.6 is 0 Å². The van der Waals surface area contributed by atoms with Gasteiger partial charge in [0.2, 0.25) is 0 Å². The van der Waals surface area contributed by atoms with Gasteiger partial charge in [-0.05, 0) is 61.3 Å². The first kappa shape index (κ1) is 22.4. The van der Waals surface area contributed by atoms with Crippen molar-refractivity contribution in [1.29, 1.82) is 0 Å². The van der Waals surface area contributed by atoms with E-state index in [2.05, 4.69) is 29.3 Å². The van der Waals surface area contributed by atoms with Crippen molar-refractivity contribution in [2.24, 2.45) is 17.8 Å². The maximum Gasteiger partial charge on any atom is 0.257 e. The topological polar surface area (TPSA) is 61.8 Å². The Morgan fingerprint density at radius 1 is 1.09 bits per heavy atom. The minimum Gasteiger partial charge on any atom is -0.494 e. The zero-order chi connectivity index (χ0) is 22.8. The van der Waals surface area contributed by atoms with Crippen LogP contribution in [0.5, 0.6) is 5.75 Å². The van der Waals surface area contributed by atoms with Crippen molar-refractivity contribution < 1.29 is 14.6 Å². The average molecular weight is 449 g/mol. The summed E-state index contributed by atoms with van der Waals surface area (Å²) in [6, 6.07) is 17.9. The number of carbonyl (C=O) groups excluding carboxylic acids is 1. The highest BCUT2D eigenvalue weighted by molar-refractivity contribution is 5.87. The second kappa shape index (κ2) is 9.47. The Balaban J connectivity index is 1.10. The first-order valence-corrected chi connectivity index (χ1v) is 12.6. The van der Waals surface area contributed by atoms with Crippen molar-refractivity contribution >= 4 is 5.91 Å². The van der Waals surface area contributed by atoms with Crippen LogP contribution < -0.4 is 10.1 Å². The van der Waals surface area contributed by atoms with Crippen LogP contribution in [0.4, 0.5) is 0 Å². The van der Waals surface area contributed by atoms with E-state index in [-0.39, 0.29) is 17.9 Å². The summed E-state index contributed by atoms with van der Waals surface area (Å²) >= 11 is 0. The Morgan fingerprint density at radius 3 is 2.52 bits per heavy atom. The number of amides is 1. The van der Waals surface area contributed by atoms with Crippen molar-refractivity contribution in [3.05, 3.63) is 65.7 Å². The molecule has 1 saturated heterocycles. The predicted octanol–water partition coefficient (Wildman–Crippen LogP) is 3.89. The molecule has 1 aliphatic heterocycles. The van der Waals surface area contributed by atoms with Gasteiger partial charge in [-0.1, -0.05) is 55.3 Å². The molecule has 1 heterocycles. The molecular formula is C28H36N2O3. The normalized spacial score (nSPS) is 26.5. The van der Waals surface area contributed by atoms with Crippen LogP contribution in [0.2, 0.25) is 0 Å². The fourth-order valence-corrected chi connectivity index (χ4v) is 6.04. The second-order valence-electron chi connectivity index (χ2n) is 10.2. The number of carbonyl (C=O) groups is 1. The summed E-state index contributed by atoms with van der Waals surface area (Å²) in [6.45, 7) is 5.87. The third kappa shape index (κ3) is 4.67. The molecule has 0 radical (unpaired) electrons. The summed E-state index contributed by atoms with van der Waals surface area (Å²) in [7, 11) is 0. The summed E-state index contributed by atoms with van der Waals surface area (Å²) in [4.78, 5) is 15.9. The molecule has 0 spiro atoms. The van der Waals surface area contributed by atoms with Gasteiger partial charge < -0.3 is 20.1 Å². The molecule has 0 bridgehead atoms. The van der Waals surface area contributed by atoms with Crippen LogP contribution in [0.15, 0.2) is 54.6 Å². The summed E-state index contributed by atoms with van der Waals surface area (Å²) in [5.41, 5.74) is 0.532. The lowest BCUT2D eigenvalue weighted by Crippen LogP contribution is -2.51. The zero-order valence-electron chi connectivity index (χ0n) is 19.6. The highest BCUT2D eigenvalue weighted by Gasteiger charge is 2.58. The molecule has 2 aromatic carbocycles. The third-order valence-corrected chi connectivity index (χ3v) is 7.95. The number of nitrogens with one attached hydrogen (secondary N) is 1. The van der Waals surface area contributed by atoms with Gasteiger partial charge in [0.05, 0.1) is 6.61 Å². The molecule has 2 aromatic rings. The van der Waals surface area contributed by atoms with E-state index in [1.165, 1.54) is 5.56 Å². The van der Waals surface area contributed by atoms with Crippen LogP contribution in [0.25, 0.3) is 0 Å². The average Bonchev–Trinajstić information content (AvgIpc) is 3.24. The van der Waals surface area contributed by atoms with Crippen LogP contribution in [-0.4, -0.2) is 48.2 Å². The van der Waals surface area contributed by atoms with Crippen molar-refractivity contribution in [3.63, 3.8) is 0 Å².